The Morgan fingerprint density at radius 3 is 2.28 bits per heavy atom. The molecule has 0 saturated carbocycles. The molecule has 0 unspecified atom stereocenters. The Labute approximate surface area is 175 Å². The first-order chi connectivity index (χ1) is 13.9. The summed E-state index contributed by atoms with van der Waals surface area (Å²) in [6, 6.07) is 7.08. The lowest BCUT2D eigenvalue weighted by molar-refractivity contribution is -0.132. The van der Waals surface area contributed by atoms with E-state index in [9.17, 15) is 13.2 Å². The van der Waals surface area contributed by atoms with Crippen molar-refractivity contribution in [3.05, 3.63) is 29.8 Å². The summed E-state index contributed by atoms with van der Waals surface area (Å²) in [5.41, 5.74) is 1.10. The van der Waals surface area contributed by atoms with Gasteiger partial charge in [-0.25, -0.2) is 8.42 Å². The van der Waals surface area contributed by atoms with Crippen LogP contribution in [0.25, 0.3) is 0 Å². The summed E-state index contributed by atoms with van der Waals surface area (Å²) in [5, 5.41) is 3.22. The molecule has 0 atom stereocenters. The zero-order chi connectivity index (χ0) is 20.9. The van der Waals surface area contributed by atoms with Crippen LogP contribution in [0.15, 0.2) is 29.2 Å². The van der Waals surface area contributed by atoms with E-state index in [4.69, 9.17) is 0 Å². The zero-order valence-corrected chi connectivity index (χ0v) is 18.5. The lowest BCUT2D eigenvalue weighted by Crippen LogP contribution is -2.51. The summed E-state index contributed by atoms with van der Waals surface area (Å²) in [6.07, 6.45) is 2.31. The van der Waals surface area contributed by atoms with E-state index in [1.165, 1.54) is 4.31 Å². The molecule has 0 bridgehead atoms. The number of hydrogen-bond acceptors (Lipinski definition) is 5. The van der Waals surface area contributed by atoms with Crippen molar-refractivity contribution in [2.45, 2.75) is 37.5 Å². The maximum Gasteiger partial charge on any atom is 0.243 e. The molecule has 1 N–H and O–H groups in total. The highest BCUT2D eigenvalue weighted by Crippen LogP contribution is 2.21. The Morgan fingerprint density at radius 1 is 1.07 bits per heavy atom. The molecular formula is C21H34N4O3S. The second kappa shape index (κ2) is 10.0. The molecule has 1 aromatic rings. The summed E-state index contributed by atoms with van der Waals surface area (Å²) < 4.78 is 28.1. The number of benzene rings is 1. The molecule has 0 aromatic heterocycles. The highest BCUT2D eigenvalue weighted by Gasteiger charge is 2.29. The highest BCUT2D eigenvalue weighted by molar-refractivity contribution is 7.89. The second-order valence-electron chi connectivity index (χ2n) is 8.24. The summed E-state index contributed by atoms with van der Waals surface area (Å²) in [7, 11) is -3.73. The van der Waals surface area contributed by atoms with Crippen LogP contribution in [0.5, 0.6) is 0 Å². The fourth-order valence-electron chi connectivity index (χ4n) is 3.88. The molecule has 1 amide bonds. The van der Waals surface area contributed by atoms with Gasteiger partial charge < -0.3 is 15.1 Å². The van der Waals surface area contributed by atoms with Crippen molar-refractivity contribution in [2.24, 2.45) is 0 Å². The van der Waals surface area contributed by atoms with Crippen LogP contribution in [0.2, 0.25) is 0 Å². The third-order valence-corrected chi connectivity index (χ3v) is 7.69. The fraction of sp³-hybridized carbons (Fsp3) is 0.667. The average molecular weight is 423 g/mol. The summed E-state index contributed by atoms with van der Waals surface area (Å²) in [4.78, 5) is 17.1. The molecule has 162 valence electrons. The molecule has 0 aliphatic carbocycles. The Hall–Kier alpha value is -1.48. The van der Waals surface area contributed by atoms with Gasteiger partial charge in [-0.15, -0.1) is 0 Å². The maximum absolute atomic E-state index is 13.4. The van der Waals surface area contributed by atoms with Gasteiger partial charge in [-0.2, -0.15) is 4.31 Å². The monoisotopic (exact) mass is 422 g/mol. The SMILES string of the molecule is CC(C)c1ccc(S(=O)(=O)N(CCN2CCCC2)CC(=O)N2CCNCC2)cc1. The molecule has 2 aliphatic heterocycles. The number of rotatable bonds is 8. The van der Waals surface area contributed by atoms with Crippen LogP contribution in [0, 0.1) is 0 Å². The molecule has 8 heteroatoms. The lowest BCUT2D eigenvalue weighted by Gasteiger charge is -2.30. The zero-order valence-electron chi connectivity index (χ0n) is 17.6. The van der Waals surface area contributed by atoms with Gasteiger partial charge in [-0.1, -0.05) is 26.0 Å². The van der Waals surface area contributed by atoms with E-state index in [2.05, 4.69) is 24.1 Å². The first-order valence-corrected chi connectivity index (χ1v) is 12.1. The van der Waals surface area contributed by atoms with E-state index < -0.39 is 10.0 Å². The van der Waals surface area contributed by atoms with Gasteiger partial charge in [0.05, 0.1) is 11.4 Å². The third kappa shape index (κ3) is 5.78. The smallest absolute Gasteiger partial charge is 0.243 e. The third-order valence-electron chi connectivity index (χ3n) is 5.83. The van der Waals surface area contributed by atoms with Crippen molar-refractivity contribution in [1.82, 2.24) is 19.4 Å². The van der Waals surface area contributed by atoms with Gasteiger partial charge in [-0.05, 0) is 49.5 Å². The molecule has 2 saturated heterocycles. The van der Waals surface area contributed by atoms with E-state index >= 15 is 0 Å². The van der Waals surface area contributed by atoms with Gasteiger partial charge >= 0.3 is 0 Å². The molecule has 29 heavy (non-hydrogen) atoms. The first kappa shape index (κ1) is 22.2. The van der Waals surface area contributed by atoms with Gasteiger partial charge in [0.15, 0.2) is 0 Å². The minimum Gasteiger partial charge on any atom is -0.339 e. The number of piperazine rings is 1. The van der Waals surface area contributed by atoms with Crippen molar-refractivity contribution in [3.63, 3.8) is 0 Å². The van der Waals surface area contributed by atoms with Gasteiger partial charge in [0.2, 0.25) is 15.9 Å². The Kier molecular flexibility index (Phi) is 7.67. The van der Waals surface area contributed by atoms with E-state index in [1.807, 2.05) is 12.1 Å². The molecule has 0 spiro atoms. The molecule has 3 rings (SSSR count). The molecule has 0 radical (unpaired) electrons. The minimum absolute atomic E-state index is 0.0951. The Balaban J connectivity index is 1.76. The van der Waals surface area contributed by atoms with Crippen LogP contribution in [-0.4, -0.2) is 87.3 Å². The number of carbonyl (C=O) groups excluding carboxylic acids is 1. The molecule has 2 aliphatic rings. The van der Waals surface area contributed by atoms with Crippen LogP contribution in [0.1, 0.15) is 38.2 Å². The topological polar surface area (TPSA) is 73.0 Å². The number of sulfonamides is 1. The van der Waals surface area contributed by atoms with Crippen LogP contribution in [-0.2, 0) is 14.8 Å². The fourth-order valence-corrected chi connectivity index (χ4v) is 5.26. The largest absolute Gasteiger partial charge is 0.339 e. The normalized spacial score (nSPS) is 18.7. The first-order valence-electron chi connectivity index (χ1n) is 10.7. The molecule has 7 nitrogen and oxygen atoms in total. The lowest BCUT2D eigenvalue weighted by atomic mass is 10.0. The number of carbonyl (C=O) groups is 1. The summed E-state index contributed by atoms with van der Waals surface area (Å²) >= 11 is 0. The number of likely N-dealkylation sites (tertiary alicyclic amines) is 1. The van der Waals surface area contributed by atoms with Gasteiger partial charge in [0, 0.05) is 39.3 Å². The van der Waals surface area contributed by atoms with Crippen molar-refractivity contribution in [1.29, 1.82) is 0 Å². The predicted molar refractivity (Wildman–Crippen MR) is 114 cm³/mol. The predicted octanol–water partition coefficient (Wildman–Crippen LogP) is 1.33. The van der Waals surface area contributed by atoms with Crippen molar-refractivity contribution < 1.29 is 13.2 Å². The van der Waals surface area contributed by atoms with E-state index in [0.29, 0.717) is 32.1 Å². The second-order valence-corrected chi connectivity index (χ2v) is 10.2. The van der Waals surface area contributed by atoms with Crippen LogP contribution in [0.4, 0.5) is 0 Å². The quantitative estimate of drug-likeness (QED) is 0.684. The Morgan fingerprint density at radius 2 is 1.69 bits per heavy atom. The van der Waals surface area contributed by atoms with Gasteiger partial charge in [0.1, 0.15) is 0 Å². The molecule has 2 heterocycles. The summed E-state index contributed by atoms with van der Waals surface area (Å²) in [5.74, 6) is 0.225. The number of nitrogens with zero attached hydrogens (tertiary/aromatic N) is 3. The average Bonchev–Trinajstić information content (AvgIpc) is 3.25. The van der Waals surface area contributed by atoms with Crippen LogP contribution in [0.3, 0.4) is 0 Å². The molecule has 1 aromatic carbocycles. The molecule has 2 fully saturated rings. The standard InChI is InChI=1S/C21H34N4O3S/c1-18(2)19-5-7-20(8-6-19)29(27,28)25(16-15-23-11-3-4-12-23)17-21(26)24-13-9-22-10-14-24/h5-8,18,22H,3-4,9-17H2,1-2H3. The van der Waals surface area contributed by atoms with Crippen LogP contribution >= 0.6 is 0 Å². The number of hydrogen-bond donors (Lipinski definition) is 1. The van der Waals surface area contributed by atoms with Crippen molar-refractivity contribution in [2.75, 3.05) is 58.9 Å². The molecular weight excluding hydrogens is 388 g/mol. The minimum atomic E-state index is -3.73. The number of amides is 1. The maximum atomic E-state index is 13.4. The van der Waals surface area contributed by atoms with Gasteiger partial charge in [0.25, 0.3) is 0 Å². The summed E-state index contributed by atoms with van der Waals surface area (Å²) in [6.45, 7) is 9.84. The van der Waals surface area contributed by atoms with Crippen molar-refractivity contribution in [3.8, 4) is 0 Å². The van der Waals surface area contributed by atoms with Crippen LogP contribution < -0.4 is 5.32 Å². The van der Waals surface area contributed by atoms with E-state index in [1.54, 1.807) is 17.0 Å². The Bertz CT molecular complexity index is 768. The highest BCUT2D eigenvalue weighted by atomic mass is 32.2. The van der Waals surface area contributed by atoms with E-state index in [-0.39, 0.29) is 17.3 Å². The van der Waals surface area contributed by atoms with Crippen molar-refractivity contribution >= 4 is 15.9 Å². The van der Waals surface area contributed by atoms with Gasteiger partial charge in [-0.3, -0.25) is 4.79 Å². The van der Waals surface area contributed by atoms with E-state index in [0.717, 1.165) is 44.6 Å². The number of nitrogens with one attached hydrogen (secondary N) is 1.